The zero-order valence-corrected chi connectivity index (χ0v) is 12.2. The molecule has 18 heavy (non-hydrogen) atoms. The fraction of sp³-hybridized carbons (Fsp3) is 0.417. The van der Waals surface area contributed by atoms with Crippen LogP contribution in [0.15, 0.2) is 18.2 Å². The molecule has 0 unspecified atom stereocenters. The Bertz CT molecular complexity index is 398. The molecule has 1 aromatic rings. The van der Waals surface area contributed by atoms with E-state index in [9.17, 15) is 4.79 Å². The van der Waals surface area contributed by atoms with Gasteiger partial charge in [-0.1, -0.05) is 17.7 Å². The summed E-state index contributed by atoms with van der Waals surface area (Å²) in [4.78, 5) is 11.5. The Morgan fingerprint density at radius 3 is 2.67 bits per heavy atom. The number of likely N-dealkylation sites (N-methyl/N-ethyl adjacent to an activating group) is 1. The first-order chi connectivity index (χ1) is 8.04. The van der Waals surface area contributed by atoms with Gasteiger partial charge < -0.3 is 15.4 Å². The summed E-state index contributed by atoms with van der Waals surface area (Å²) in [6.07, 6.45) is -0.00477. The molecule has 1 rings (SSSR count). The molecule has 0 atom stereocenters. The Labute approximate surface area is 118 Å². The van der Waals surface area contributed by atoms with Crippen LogP contribution < -0.4 is 15.4 Å². The molecular formula is C12H18Cl2N2O2. The van der Waals surface area contributed by atoms with Gasteiger partial charge in [-0.2, -0.15) is 0 Å². The van der Waals surface area contributed by atoms with Crippen molar-refractivity contribution in [1.82, 2.24) is 5.32 Å². The van der Waals surface area contributed by atoms with Crippen molar-refractivity contribution in [3.63, 3.8) is 0 Å². The lowest BCUT2D eigenvalue weighted by molar-refractivity contribution is -0.115. The molecule has 1 aromatic carbocycles. The van der Waals surface area contributed by atoms with Crippen LogP contribution in [-0.2, 0) is 4.79 Å². The molecule has 0 bridgehead atoms. The maximum absolute atomic E-state index is 11.5. The highest BCUT2D eigenvalue weighted by Gasteiger charge is 2.12. The number of hydrogen-bond acceptors (Lipinski definition) is 3. The summed E-state index contributed by atoms with van der Waals surface area (Å²) in [5, 5.41) is 6.01. The van der Waals surface area contributed by atoms with Gasteiger partial charge in [0.05, 0.1) is 23.4 Å². The van der Waals surface area contributed by atoms with Crippen LogP contribution in [0.5, 0.6) is 5.75 Å². The van der Waals surface area contributed by atoms with Gasteiger partial charge >= 0.3 is 0 Å². The third kappa shape index (κ3) is 5.12. The van der Waals surface area contributed by atoms with Gasteiger partial charge in [0, 0.05) is 0 Å². The lowest BCUT2D eigenvalue weighted by Gasteiger charge is -2.16. The first-order valence-corrected chi connectivity index (χ1v) is 5.82. The highest BCUT2D eigenvalue weighted by Crippen LogP contribution is 2.33. The maximum atomic E-state index is 11.5. The number of carbonyl (C=O) groups is 1. The van der Waals surface area contributed by atoms with E-state index in [1.807, 2.05) is 13.8 Å². The Morgan fingerprint density at radius 1 is 1.44 bits per heavy atom. The molecule has 102 valence electrons. The molecule has 0 spiro atoms. The minimum atomic E-state index is -0.136. The molecule has 0 saturated carbocycles. The van der Waals surface area contributed by atoms with Crippen LogP contribution >= 0.6 is 24.0 Å². The summed E-state index contributed by atoms with van der Waals surface area (Å²) in [5.74, 6) is 0.372. The number of anilines is 1. The van der Waals surface area contributed by atoms with Gasteiger partial charge in [-0.15, -0.1) is 12.4 Å². The van der Waals surface area contributed by atoms with Gasteiger partial charge in [0.1, 0.15) is 0 Å². The first-order valence-electron chi connectivity index (χ1n) is 5.44. The number of hydrogen-bond donors (Lipinski definition) is 2. The molecule has 6 heteroatoms. The van der Waals surface area contributed by atoms with Crippen LogP contribution in [0.2, 0.25) is 5.02 Å². The second-order valence-electron chi connectivity index (χ2n) is 3.86. The molecule has 0 fully saturated rings. The lowest BCUT2D eigenvalue weighted by atomic mass is 10.2. The minimum Gasteiger partial charge on any atom is -0.487 e. The topological polar surface area (TPSA) is 50.4 Å². The molecule has 0 aliphatic carbocycles. The fourth-order valence-electron chi connectivity index (χ4n) is 1.32. The average molecular weight is 293 g/mol. The maximum Gasteiger partial charge on any atom is 0.238 e. The van der Waals surface area contributed by atoms with Crippen LogP contribution in [0, 0.1) is 0 Å². The van der Waals surface area contributed by atoms with Crippen molar-refractivity contribution < 1.29 is 9.53 Å². The lowest BCUT2D eigenvalue weighted by Crippen LogP contribution is -2.25. The number of amides is 1. The van der Waals surface area contributed by atoms with Crippen molar-refractivity contribution in [3.8, 4) is 5.75 Å². The van der Waals surface area contributed by atoms with E-state index < -0.39 is 0 Å². The number of nitrogens with one attached hydrogen (secondary N) is 2. The monoisotopic (exact) mass is 292 g/mol. The highest BCUT2D eigenvalue weighted by molar-refractivity contribution is 6.32. The van der Waals surface area contributed by atoms with E-state index in [1.54, 1.807) is 25.2 Å². The van der Waals surface area contributed by atoms with E-state index in [-0.39, 0.29) is 31.0 Å². The number of rotatable bonds is 5. The second kappa shape index (κ2) is 8.19. The van der Waals surface area contributed by atoms with Gasteiger partial charge in [-0.05, 0) is 33.0 Å². The molecule has 2 N–H and O–H groups in total. The number of para-hydroxylation sites is 1. The Kier molecular flexibility index (Phi) is 7.75. The zero-order chi connectivity index (χ0) is 12.8. The van der Waals surface area contributed by atoms with E-state index in [4.69, 9.17) is 16.3 Å². The number of benzene rings is 1. The van der Waals surface area contributed by atoms with Gasteiger partial charge in [0.25, 0.3) is 0 Å². The summed E-state index contributed by atoms with van der Waals surface area (Å²) in [6.45, 7) is 4.05. The van der Waals surface area contributed by atoms with Gasteiger partial charge in [-0.3, -0.25) is 4.79 Å². The Balaban J connectivity index is 0.00000289. The molecule has 0 heterocycles. The van der Waals surface area contributed by atoms with Crippen molar-refractivity contribution in [1.29, 1.82) is 0 Å². The normalized spacial score (nSPS) is 9.83. The number of ether oxygens (including phenoxy) is 1. The molecule has 0 aliphatic heterocycles. The van der Waals surface area contributed by atoms with E-state index in [0.29, 0.717) is 16.5 Å². The predicted molar refractivity (Wildman–Crippen MR) is 77.0 cm³/mol. The minimum absolute atomic E-state index is 0. The summed E-state index contributed by atoms with van der Waals surface area (Å²) >= 11 is 6.04. The standard InChI is InChI=1S/C12H17ClN2O2.ClH/c1-8(2)17-12-9(13)5-4-6-10(12)15-11(16)7-14-3;/h4-6,8,14H,7H2,1-3H3,(H,15,16);1H. The fourth-order valence-corrected chi connectivity index (χ4v) is 1.54. The van der Waals surface area contributed by atoms with Crippen LogP contribution in [-0.4, -0.2) is 25.6 Å². The van der Waals surface area contributed by atoms with Crippen molar-refractivity contribution in [3.05, 3.63) is 23.2 Å². The highest BCUT2D eigenvalue weighted by atomic mass is 35.5. The van der Waals surface area contributed by atoms with Crippen LogP contribution in [0.1, 0.15) is 13.8 Å². The summed E-state index contributed by atoms with van der Waals surface area (Å²) in [7, 11) is 1.71. The zero-order valence-electron chi connectivity index (χ0n) is 10.6. The van der Waals surface area contributed by atoms with Gasteiger partial charge in [0.15, 0.2) is 5.75 Å². The second-order valence-corrected chi connectivity index (χ2v) is 4.27. The SMILES string of the molecule is CNCC(=O)Nc1cccc(Cl)c1OC(C)C.Cl. The van der Waals surface area contributed by atoms with E-state index in [1.165, 1.54) is 0 Å². The summed E-state index contributed by atoms with van der Waals surface area (Å²) < 4.78 is 5.59. The molecule has 0 saturated heterocycles. The quantitative estimate of drug-likeness (QED) is 0.877. The average Bonchev–Trinajstić information content (AvgIpc) is 2.23. The number of carbonyl (C=O) groups excluding carboxylic acids is 1. The molecule has 1 amide bonds. The molecule has 0 aliphatic rings. The summed E-state index contributed by atoms with van der Waals surface area (Å²) in [5.41, 5.74) is 0.589. The summed E-state index contributed by atoms with van der Waals surface area (Å²) in [6, 6.07) is 5.26. The Hall–Kier alpha value is -0.970. The smallest absolute Gasteiger partial charge is 0.238 e. The molecular weight excluding hydrogens is 275 g/mol. The van der Waals surface area contributed by atoms with E-state index in [0.717, 1.165) is 0 Å². The third-order valence-corrected chi connectivity index (χ3v) is 2.23. The van der Waals surface area contributed by atoms with Gasteiger partial charge in [-0.25, -0.2) is 0 Å². The van der Waals surface area contributed by atoms with Crippen molar-refractivity contribution in [2.45, 2.75) is 20.0 Å². The van der Waals surface area contributed by atoms with E-state index in [2.05, 4.69) is 10.6 Å². The van der Waals surface area contributed by atoms with Crippen molar-refractivity contribution in [2.24, 2.45) is 0 Å². The molecule has 4 nitrogen and oxygen atoms in total. The first kappa shape index (κ1) is 17.0. The van der Waals surface area contributed by atoms with E-state index >= 15 is 0 Å². The van der Waals surface area contributed by atoms with Crippen molar-refractivity contribution in [2.75, 3.05) is 18.9 Å². The predicted octanol–water partition coefficient (Wildman–Crippen LogP) is 2.71. The van der Waals surface area contributed by atoms with Crippen molar-refractivity contribution >= 4 is 35.6 Å². The van der Waals surface area contributed by atoms with Crippen LogP contribution in [0.4, 0.5) is 5.69 Å². The largest absolute Gasteiger partial charge is 0.487 e. The van der Waals surface area contributed by atoms with Crippen LogP contribution in [0.25, 0.3) is 0 Å². The van der Waals surface area contributed by atoms with Crippen LogP contribution in [0.3, 0.4) is 0 Å². The third-order valence-electron chi connectivity index (χ3n) is 1.93. The Morgan fingerprint density at radius 2 is 2.11 bits per heavy atom. The van der Waals surface area contributed by atoms with Gasteiger partial charge in [0.2, 0.25) is 5.91 Å². The molecule has 0 radical (unpaired) electrons. The molecule has 0 aromatic heterocycles. The number of halogens is 2.